The van der Waals surface area contributed by atoms with Gasteiger partial charge in [0.2, 0.25) is 0 Å². The third-order valence-corrected chi connectivity index (χ3v) is 6.44. The second kappa shape index (κ2) is 9.79. The summed E-state index contributed by atoms with van der Waals surface area (Å²) in [5, 5.41) is 13.9. The number of carboxylic acids is 1. The van der Waals surface area contributed by atoms with Crippen LogP contribution in [0.2, 0.25) is 11.3 Å². The van der Waals surface area contributed by atoms with Crippen LogP contribution in [0.15, 0.2) is 48.5 Å². The van der Waals surface area contributed by atoms with Crippen LogP contribution in [0.3, 0.4) is 0 Å². The molecule has 1 unspecified atom stereocenters. The van der Waals surface area contributed by atoms with Crippen LogP contribution in [0.5, 0.6) is 0 Å². The number of nitrogens with two attached hydrogens (primary N) is 1. The average Bonchev–Trinajstić information content (AvgIpc) is 2.68. The monoisotopic (exact) mass is 412 g/mol. The minimum Gasteiger partial charge on any atom is -0.480 e. The Balaban J connectivity index is 1.48. The van der Waals surface area contributed by atoms with E-state index in [0.717, 1.165) is 54.7 Å². The highest BCUT2D eigenvalue weighted by molar-refractivity contribution is 6.30. The maximum Gasteiger partial charge on any atom is 0.323 e. The molecule has 0 aromatic heterocycles. The molecule has 1 fully saturated rings. The molecule has 0 heterocycles. The number of unbranched alkanes of at least 4 members (excludes halogenated alkanes) is 1. The summed E-state index contributed by atoms with van der Waals surface area (Å²) >= 11 is 5.95. The predicted molar refractivity (Wildman–Crippen MR) is 122 cm³/mol. The van der Waals surface area contributed by atoms with Crippen molar-refractivity contribution in [1.82, 2.24) is 5.32 Å². The fourth-order valence-electron chi connectivity index (χ4n) is 4.08. The number of carbonyl (C=O) groups is 1. The molecule has 0 saturated heterocycles. The lowest BCUT2D eigenvalue weighted by molar-refractivity contribution is -0.148. The summed E-state index contributed by atoms with van der Waals surface area (Å²) in [6.45, 7) is 0.777. The molecule has 4 nitrogen and oxygen atoms in total. The van der Waals surface area contributed by atoms with E-state index in [0.29, 0.717) is 12.5 Å². The quantitative estimate of drug-likeness (QED) is 0.409. The van der Waals surface area contributed by atoms with Crippen LogP contribution in [0, 0.1) is 5.92 Å². The molecule has 0 radical (unpaired) electrons. The molecule has 154 valence electrons. The van der Waals surface area contributed by atoms with Gasteiger partial charge < -0.3 is 16.2 Å². The van der Waals surface area contributed by atoms with E-state index in [9.17, 15) is 9.90 Å². The number of aliphatic carboxylic acids is 1. The highest BCUT2D eigenvalue weighted by Crippen LogP contribution is 2.38. The Bertz CT molecular complexity index is 807. The Morgan fingerprint density at radius 3 is 2.24 bits per heavy atom. The fourth-order valence-corrected chi connectivity index (χ4v) is 4.20. The molecular formula is C23H30BClN2O2. The summed E-state index contributed by atoms with van der Waals surface area (Å²) in [5.41, 5.74) is 8.75. The molecule has 4 N–H and O–H groups in total. The van der Waals surface area contributed by atoms with Gasteiger partial charge in [-0.15, -0.1) is 0 Å². The minimum atomic E-state index is -1.08. The first-order valence-corrected chi connectivity index (χ1v) is 10.9. The zero-order valence-electron chi connectivity index (χ0n) is 17.0. The number of halogens is 1. The van der Waals surface area contributed by atoms with Crippen molar-refractivity contribution in [2.45, 2.75) is 56.5 Å². The van der Waals surface area contributed by atoms with Crippen LogP contribution in [0.25, 0.3) is 11.1 Å². The molecule has 6 heteroatoms. The molecule has 0 bridgehead atoms. The maximum absolute atomic E-state index is 11.8. The van der Waals surface area contributed by atoms with Gasteiger partial charge in [0.15, 0.2) is 0 Å². The van der Waals surface area contributed by atoms with Crippen molar-refractivity contribution in [1.29, 1.82) is 0 Å². The van der Waals surface area contributed by atoms with E-state index in [4.69, 9.17) is 17.3 Å². The Morgan fingerprint density at radius 1 is 1.10 bits per heavy atom. The second-order valence-electron chi connectivity index (χ2n) is 8.25. The number of benzene rings is 2. The SMILES string of the molecule is BCCCCC(N)(C(=O)O)[C@H]1C[C@@H](NCc2ccc(-c3ccc(Cl)cc3)cc2)C1. The average molecular weight is 413 g/mol. The van der Waals surface area contributed by atoms with Gasteiger partial charge in [-0.3, -0.25) is 4.79 Å². The standard InChI is InChI=1S/C23H30BClN2O2/c24-12-2-1-11-23(26,22(28)29)19-13-21(14-19)27-15-16-3-5-17(6-4-16)18-7-9-20(25)10-8-18/h3-10,19,21,27H,1-2,11-15,24,26H2,(H,28,29)/t19-,21+,23?. The van der Waals surface area contributed by atoms with E-state index in [1.54, 1.807) is 0 Å². The van der Waals surface area contributed by atoms with Gasteiger partial charge in [0, 0.05) is 17.6 Å². The minimum absolute atomic E-state index is 0.0571. The van der Waals surface area contributed by atoms with Crippen molar-refractivity contribution in [2.75, 3.05) is 0 Å². The lowest BCUT2D eigenvalue weighted by Gasteiger charge is -2.45. The van der Waals surface area contributed by atoms with E-state index < -0.39 is 11.5 Å². The van der Waals surface area contributed by atoms with Crippen LogP contribution in [0.1, 0.15) is 37.7 Å². The summed E-state index contributed by atoms with van der Waals surface area (Å²) in [6, 6.07) is 16.7. The van der Waals surface area contributed by atoms with Crippen molar-refractivity contribution in [3.05, 3.63) is 59.1 Å². The molecular weight excluding hydrogens is 383 g/mol. The van der Waals surface area contributed by atoms with Crippen molar-refractivity contribution < 1.29 is 9.90 Å². The smallest absolute Gasteiger partial charge is 0.323 e. The van der Waals surface area contributed by atoms with E-state index in [1.807, 2.05) is 24.3 Å². The van der Waals surface area contributed by atoms with Gasteiger partial charge in [0.1, 0.15) is 13.4 Å². The topological polar surface area (TPSA) is 75.4 Å². The first kappa shape index (κ1) is 21.9. The van der Waals surface area contributed by atoms with E-state index >= 15 is 0 Å². The van der Waals surface area contributed by atoms with E-state index in [1.165, 1.54) is 5.56 Å². The molecule has 1 aliphatic rings. The predicted octanol–water partition coefficient (Wildman–Crippen LogP) is 3.88. The third-order valence-electron chi connectivity index (χ3n) is 6.19. The molecule has 1 saturated carbocycles. The molecule has 0 spiro atoms. The summed E-state index contributed by atoms with van der Waals surface area (Å²) in [6.07, 6.45) is 5.22. The molecule has 2 aromatic rings. The highest BCUT2D eigenvalue weighted by atomic mass is 35.5. The molecule has 3 rings (SSSR count). The van der Waals surface area contributed by atoms with Gasteiger partial charge in [-0.05, 0) is 54.0 Å². The third kappa shape index (κ3) is 5.41. The van der Waals surface area contributed by atoms with Crippen LogP contribution < -0.4 is 11.1 Å². The van der Waals surface area contributed by atoms with Crippen molar-refractivity contribution in [3.63, 3.8) is 0 Å². The number of hydrogen-bond acceptors (Lipinski definition) is 3. The number of carboxylic acid groups (broad SMARTS) is 1. The lowest BCUT2D eigenvalue weighted by atomic mass is 9.66. The Hall–Kier alpha value is -1.82. The maximum atomic E-state index is 11.8. The number of nitrogens with one attached hydrogen (secondary N) is 1. The molecule has 1 atom stereocenters. The van der Waals surface area contributed by atoms with Gasteiger partial charge in [-0.1, -0.05) is 67.2 Å². The summed E-state index contributed by atoms with van der Waals surface area (Å²) in [4.78, 5) is 11.8. The number of rotatable bonds is 10. The van der Waals surface area contributed by atoms with Crippen molar-refractivity contribution in [3.8, 4) is 11.1 Å². The molecule has 29 heavy (non-hydrogen) atoms. The molecule has 0 aliphatic heterocycles. The van der Waals surface area contributed by atoms with Gasteiger partial charge in [0.25, 0.3) is 0 Å². The first-order valence-electron chi connectivity index (χ1n) is 10.5. The summed E-state index contributed by atoms with van der Waals surface area (Å²) < 4.78 is 0. The van der Waals surface area contributed by atoms with Gasteiger partial charge in [-0.25, -0.2) is 0 Å². The largest absolute Gasteiger partial charge is 0.480 e. The summed E-state index contributed by atoms with van der Waals surface area (Å²) in [5.74, 6) is -0.795. The Labute approximate surface area is 179 Å². The van der Waals surface area contributed by atoms with Crippen molar-refractivity contribution >= 4 is 25.4 Å². The second-order valence-corrected chi connectivity index (χ2v) is 8.69. The Kier molecular flexibility index (Phi) is 7.39. The normalized spacial score (nSPS) is 20.6. The van der Waals surface area contributed by atoms with Crippen LogP contribution in [-0.2, 0) is 11.3 Å². The van der Waals surface area contributed by atoms with Crippen LogP contribution >= 0.6 is 11.6 Å². The molecule has 1 aliphatic carbocycles. The zero-order chi connectivity index (χ0) is 20.9. The number of hydrogen-bond donors (Lipinski definition) is 3. The fraction of sp³-hybridized carbons (Fsp3) is 0.435. The van der Waals surface area contributed by atoms with Gasteiger partial charge >= 0.3 is 5.97 Å². The lowest BCUT2D eigenvalue weighted by Crippen LogP contribution is -2.60. The van der Waals surface area contributed by atoms with Crippen LogP contribution in [-0.4, -0.2) is 30.5 Å². The van der Waals surface area contributed by atoms with Crippen LogP contribution in [0.4, 0.5) is 0 Å². The molecule has 0 amide bonds. The van der Waals surface area contributed by atoms with Gasteiger partial charge in [-0.2, -0.15) is 0 Å². The zero-order valence-corrected chi connectivity index (χ0v) is 17.8. The highest BCUT2D eigenvalue weighted by Gasteiger charge is 2.47. The van der Waals surface area contributed by atoms with E-state index in [2.05, 4.69) is 37.4 Å². The molecule has 2 aromatic carbocycles. The van der Waals surface area contributed by atoms with E-state index in [-0.39, 0.29) is 5.92 Å². The van der Waals surface area contributed by atoms with Crippen molar-refractivity contribution in [2.24, 2.45) is 11.7 Å². The van der Waals surface area contributed by atoms with Gasteiger partial charge in [0.05, 0.1) is 0 Å². The Morgan fingerprint density at radius 2 is 1.69 bits per heavy atom. The first-order chi connectivity index (χ1) is 13.9. The summed E-state index contributed by atoms with van der Waals surface area (Å²) in [7, 11) is 2.12.